The molecule has 0 aliphatic heterocycles. The van der Waals surface area contributed by atoms with E-state index in [1.54, 1.807) is 17.0 Å². The Morgan fingerprint density at radius 1 is 1.26 bits per heavy atom. The van der Waals surface area contributed by atoms with Crippen molar-refractivity contribution < 1.29 is 0 Å². The van der Waals surface area contributed by atoms with Crippen LogP contribution >= 0.6 is 11.3 Å². The first-order valence-corrected chi connectivity index (χ1v) is 8.68. The molecule has 114 valence electrons. The summed E-state index contributed by atoms with van der Waals surface area (Å²) in [6.07, 6.45) is 7.04. The van der Waals surface area contributed by atoms with Crippen molar-refractivity contribution in [3.05, 3.63) is 41.2 Å². The lowest BCUT2D eigenvalue weighted by atomic mass is 9.89. The molecular weight excluding hydrogens is 306 g/mol. The van der Waals surface area contributed by atoms with E-state index in [1.165, 1.54) is 22.2 Å². The second kappa shape index (κ2) is 4.83. The number of hydrogen-bond donors (Lipinski definition) is 0. The Kier molecular flexibility index (Phi) is 2.76. The van der Waals surface area contributed by atoms with Crippen molar-refractivity contribution in [2.45, 2.75) is 26.2 Å². The fraction of sp³-hybridized carbons (Fsp3) is 0.294. The number of hydrogen-bond acceptors (Lipinski definition) is 5. The topological polar surface area (TPSA) is 56.0 Å². The van der Waals surface area contributed by atoms with Crippen molar-refractivity contribution in [1.82, 2.24) is 24.6 Å². The van der Waals surface area contributed by atoms with Gasteiger partial charge in [0.05, 0.1) is 5.39 Å². The fourth-order valence-corrected chi connectivity index (χ4v) is 4.69. The van der Waals surface area contributed by atoms with Crippen molar-refractivity contribution in [3.63, 3.8) is 0 Å². The molecule has 0 N–H and O–H groups in total. The molecule has 0 amide bonds. The van der Waals surface area contributed by atoms with Crippen molar-refractivity contribution in [2.24, 2.45) is 5.92 Å². The van der Waals surface area contributed by atoms with E-state index in [0.717, 1.165) is 34.9 Å². The third-order valence-corrected chi connectivity index (χ3v) is 5.69. The third-order valence-electron chi connectivity index (χ3n) is 4.53. The minimum absolute atomic E-state index is 0.657. The van der Waals surface area contributed by atoms with Gasteiger partial charge in [-0.1, -0.05) is 13.0 Å². The predicted octanol–water partition coefficient (Wildman–Crippen LogP) is 3.53. The second-order valence-electron chi connectivity index (χ2n) is 6.20. The number of thiophene rings is 1. The highest BCUT2D eigenvalue weighted by Crippen LogP contribution is 2.38. The number of aromatic nitrogens is 5. The molecule has 0 aromatic carbocycles. The number of nitrogens with zero attached hydrogens (tertiary/aromatic N) is 5. The lowest BCUT2D eigenvalue weighted by Gasteiger charge is -2.17. The van der Waals surface area contributed by atoms with E-state index in [-0.39, 0.29) is 0 Å². The zero-order valence-electron chi connectivity index (χ0n) is 12.7. The van der Waals surface area contributed by atoms with Crippen molar-refractivity contribution in [1.29, 1.82) is 0 Å². The molecule has 1 unspecified atom stereocenters. The van der Waals surface area contributed by atoms with Gasteiger partial charge in [-0.25, -0.2) is 14.5 Å². The van der Waals surface area contributed by atoms with Crippen LogP contribution in [0.2, 0.25) is 0 Å². The van der Waals surface area contributed by atoms with Gasteiger partial charge in [-0.3, -0.25) is 4.98 Å². The van der Waals surface area contributed by atoms with Crippen molar-refractivity contribution in [3.8, 4) is 11.5 Å². The van der Waals surface area contributed by atoms with Gasteiger partial charge in [-0.2, -0.15) is 0 Å². The largest absolute Gasteiger partial charge is 0.253 e. The molecule has 0 fully saturated rings. The van der Waals surface area contributed by atoms with Gasteiger partial charge >= 0.3 is 0 Å². The molecule has 0 radical (unpaired) electrons. The molecule has 0 bridgehead atoms. The summed E-state index contributed by atoms with van der Waals surface area (Å²) in [6, 6.07) is 5.79. The van der Waals surface area contributed by atoms with Crippen LogP contribution in [0.4, 0.5) is 0 Å². The first-order chi connectivity index (χ1) is 11.3. The highest BCUT2D eigenvalue weighted by atomic mass is 32.1. The van der Waals surface area contributed by atoms with Crippen LogP contribution in [0.25, 0.3) is 27.4 Å². The molecule has 1 atom stereocenters. The molecule has 4 aromatic rings. The van der Waals surface area contributed by atoms with Gasteiger partial charge < -0.3 is 0 Å². The van der Waals surface area contributed by atoms with Gasteiger partial charge in [0.1, 0.15) is 16.9 Å². The van der Waals surface area contributed by atoms with Crippen LogP contribution in [0.5, 0.6) is 0 Å². The van der Waals surface area contributed by atoms with E-state index >= 15 is 0 Å². The van der Waals surface area contributed by atoms with Crippen LogP contribution in [0.1, 0.15) is 23.8 Å². The van der Waals surface area contributed by atoms with Gasteiger partial charge in [-0.05, 0) is 42.9 Å². The van der Waals surface area contributed by atoms with Gasteiger partial charge in [0.15, 0.2) is 5.65 Å². The molecule has 0 saturated heterocycles. The van der Waals surface area contributed by atoms with Crippen molar-refractivity contribution in [2.75, 3.05) is 0 Å². The number of rotatable bonds is 1. The molecule has 4 aromatic heterocycles. The first-order valence-electron chi connectivity index (χ1n) is 7.86. The predicted molar refractivity (Wildman–Crippen MR) is 90.6 cm³/mol. The van der Waals surface area contributed by atoms with Gasteiger partial charge in [0.2, 0.25) is 5.82 Å². The standard InChI is InChI=1S/C17H15N5S/c1-10-5-6-11-13(8-10)23-17-14(11)16-20-15(21-22(16)9-19-17)12-4-2-3-7-18-12/h2-4,7,9-10H,5-6,8H2,1H3. The van der Waals surface area contributed by atoms with Gasteiger partial charge in [0.25, 0.3) is 0 Å². The summed E-state index contributed by atoms with van der Waals surface area (Å²) in [6.45, 7) is 2.33. The molecule has 5 rings (SSSR count). The summed E-state index contributed by atoms with van der Waals surface area (Å²) >= 11 is 1.82. The maximum atomic E-state index is 4.77. The van der Waals surface area contributed by atoms with Crippen LogP contribution in [0.3, 0.4) is 0 Å². The molecule has 0 spiro atoms. The van der Waals surface area contributed by atoms with Gasteiger partial charge in [-0.15, -0.1) is 16.4 Å². The van der Waals surface area contributed by atoms with Crippen LogP contribution in [-0.4, -0.2) is 24.6 Å². The maximum absolute atomic E-state index is 4.77. The summed E-state index contributed by atoms with van der Waals surface area (Å²) in [5.74, 6) is 1.41. The Morgan fingerprint density at radius 3 is 3.09 bits per heavy atom. The Balaban J connectivity index is 1.78. The van der Waals surface area contributed by atoms with Crippen LogP contribution < -0.4 is 0 Å². The second-order valence-corrected chi connectivity index (χ2v) is 7.28. The first kappa shape index (κ1) is 13.1. The van der Waals surface area contributed by atoms with Crippen LogP contribution in [0, 0.1) is 5.92 Å². The lowest BCUT2D eigenvalue weighted by molar-refractivity contribution is 0.509. The third kappa shape index (κ3) is 1.98. The maximum Gasteiger partial charge on any atom is 0.200 e. The Bertz CT molecular complexity index is 1020. The number of pyridine rings is 1. The van der Waals surface area contributed by atoms with Crippen molar-refractivity contribution >= 4 is 27.2 Å². The Hall–Kier alpha value is -2.34. The number of aryl methyl sites for hydroxylation is 1. The minimum Gasteiger partial charge on any atom is -0.253 e. The van der Waals surface area contributed by atoms with E-state index < -0.39 is 0 Å². The molecule has 4 heterocycles. The summed E-state index contributed by atoms with van der Waals surface area (Å²) < 4.78 is 1.79. The van der Waals surface area contributed by atoms with E-state index in [9.17, 15) is 0 Å². The molecule has 23 heavy (non-hydrogen) atoms. The lowest BCUT2D eigenvalue weighted by Crippen LogP contribution is -2.08. The summed E-state index contributed by atoms with van der Waals surface area (Å²) in [5.41, 5.74) is 3.13. The highest BCUT2D eigenvalue weighted by molar-refractivity contribution is 7.19. The molecule has 1 aliphatic carbocycles. The monoisotopic (exact) mass is 321 g/mol. The summed E-state index contributed by atoms with van der Waals surface area (Å²) in [7, 11) is 0. The zero-order chi connectivity index (χ0) is 15.4. The number of fused-ring (bicyclic) bond motifs is 5. The summed E-state index contributed by atoms with van der Waals surface area (Å²) in [4.78, 5) is 16.3. The zero-order valence-corrected chi connectivity index (χ0v) is 13.5. The summed E-state index contributed by atoms with van der Waals surface area (Å²) in [5, 5.41) is 5.75. The van der Waals surface area contributed by atoms with Gasteiger partial charge in [0, 0.05) is 11.1 Å². The normalized spacial score (nSPS) is 17.7. The smallest absolute Gasteiger partial charge is 0.200 e. The minimum atomic E-state index is 0.657. The molecule has 0 saturated carbocycles. The highest BCUT2D eigenvalue weighted by Gasteiger charge is 2.23. The average molecular weight is 321 g/mol. The Labute approximate surface area is 137 Å². The molecule has 6 heteroatoms. The van der Waals surface area contributed by atoms with E-state index in [4.69, 9.17) is 4.98 Å². The van der Waals surface area contributed by atoms with E-state index in [0.29, 0.717) is 5.82 Å². The SMILES string of the molecule is CC1CCc2c(sc3ncn4nc(-c5ccccn5)nc4c23)C1. The quantitative estimate of drug-likeness (QED) is 0.538. The van der Waals surface area contributed by atoms with Crippen LogP contribution in [-0.2, 0) is 12.8 Å². The molecule has 1 aliphatic rings. The van der Waals surface area contributed by atoms with E-state index in [2.05, 4.69) is 22.0 Å². The molecule has 5 nitrogen and oxygen atoms in total. The van der Waals surface area contributed by atoms with E-state index in [1.807, 2.05) is 29.5 Å². The fourth-order valence-electron chi connectivity index (χ4n) is 3.34. The average Bonchev–Trinajstić information content (AvgIpc) is 3.15. The van der Waals surface area contributed by atoms with Crippen LogP contribution in [0.15, 0.2) is 30.7 Å². The molecular formula is C17H15N5S. The Morgan fingerprint density at radius 2 is 2.22 bits per heavy atom.